The van der Waals surface area contributed by atoms with Crippen LogP contribution >= 0.6 is 0 Å². The van der Waals surface area contributed by atoms with Gasteiger partial charge in [-0.3, -0.25) is 0 Å². The summed E-state index contributed by atoms with van der Waals surface area (Å²) in [6.07, 6.45) is -4.66. The van der Waals surface area contributed by atoms with Crippen molar-refractivity contribution in [2.75, 3.05) is 6.61 Å². The van der Waals surface area contributed by atoms with Gasteiger partial charge in [0.15, 0.2) is 6.29 Å². The molecule has 0 aromatic heterocycles. The number of ether oxygens (including phenoxy) is 3. The molecule has 2 aliphatic carbocycles. The lowest BCUT2D eigenvalue weighted by molar-refractivity contribution is -0.331. The van der Waals surface area contributed by atoms with Gasteiger partial charge in [-0.05, 0) is 53.6 Å². The molecular weight excluding hydrogens is 472 g/mol. The summed E-state index contributed by atoms with van der Waals surface area (Å²) in [5, 5.41) is 61.7. The van der Waals surface area contributed by atoms with E-state index in [4.69, 9.17) is 14.2 Å². The molecule has 2 fully saturated rings. The normalized spacial score (nSPS) is 39.2. The van der Waals surface area contributed by atoms with E-state index in [1.54, 1.807) is 0 Å². The van der Waals surface area contributed by atoms with E-state index in [0.29, 0.717) is 17.5 Å². The van der Waals surface area contributed by atoms with Gasteiger partial charge in [0, 0.05) is 11.1 Å². The first-order valence-electron chi connectivity index (χ1n) is 12.6. The molecule has 8 atom stereocenters. The number of esters is 1. The zero-order valence-corrected chi connectivity index (χ0v) is 20.8. The lowest BCUT2D eigenvalue weighted by Gasteiger charge is -2.55. The van der Waals surface area contributed by atoms with Crippen LogP contribution in [0.1, 0.15) is 85.4 Å². The summed E-state index contributed by atoms with van der Waals surface area (Å²) >= 11 is 0. The maximum Gasteiger partial charge on any atom is 0.341 e. The Labute approximate surface area is 209 Å². The number of rotatable bonds is 4. The second-order valence-corrected chi connectivity index (χ2v) is 11.5. The van der Waals surface area contributed by atoms with Gasteiger partial charge in [-0.25, -0.2) is 4.79 Å². The molecule has 4 aliphatic rings. The van der Waals surface area contributed by atoms with Crippen LogP contribution in [0.2, 0.25) is 0 Å². The number of benzene rings is 1. The van der Waals surface area contributed by atoms with E-state index in [1.165, 1.54) is 0 Å². The van der Waals surface area contributed by atoms with E-state index in [1.807, 2.05) is 0 Å². The minimum atomic E-state index is -1.67. The van der Waals surface area contributed by atoms with Gasteiger partial charge in [0.05, 0.1) is 18.8 Å². The predicted molar refractivity (Wildman–Crippen MR) is 124 cm³/mol. The fraction of sp³-hybridized carbons (Fsp3) is 0.731. The third kappa shape index (κ3) is 3.61. The fourth-order valence-electron chi connectivity index (χ4n) is 7.42. The number of aromatic hydroxyl groups is 1. The maximum absolute atomic E-state index is 13.1. The molecule has 2 aliphatic heterocycles. The highest BCUT2D eigenvalue weighted by Crippen LogP contribution is 2.61. The third-order valence-corrected chi connectivity index (χ3v) is 9.12. The van der Waals surface area contributed by atoms with E-state index in [9.17, 15) is 35.4 Å². The summed E-state index contributed by atoms with van der Waals surface area (Å²) in [6, 6.07) is 0. The summed E-state index contributed by atoms with van der Waals surface area (Å²) < 4.78 is 17.0. The Balaban J connectivity index is 1.64. The summed E-state index contributed by atoms with van der Waals surface area (Å²) in [5.74, 6) is -0.611. The Morgan fingerprint density at radius 3 is 2.44 bits per heavy atom. The smallest absolute Gasteiger partial charge is 0.341 e. The van der Waals surface area contributed by atoms with Gasteiger partial charge in [-0.1, -0.05) is 27.2 Å². The highest BCUT2D eigenvalue weighted by atomic mass is 16.8. The average Bonchev–Trinajstić information content (AvgIpc) is 3.14. The highest BCUT2D eigenvalue weighted by Gasteiger charge is 2.55. The van der Waals surface area contributed by atoms with E-state index in [2.05, 4.69) is 20.8 Å². The van der Waals surface area contributed by atoms with Gasteiger partial charge in [-0.2, -0.15) is 0 Å². The Morgan fingerprint density at radius 2 is 1.78 bits per heavy atom. The van der Waals surface area contributed by atoms with E-state index in [-0.39, 0.29) is 28.2 Å². The number of carbonyl (C=O) groups is 1. The molecule has 10 heteroatoms. The first-order valence-corrected chi connectivity index (χ1v) is 12.6. The van der Waals surface area contributed by atoms with Crippen molar-refractivity contribution in [3.63, 3.8) is 0 Å². The molecule has 1 unspecified atom stereocenters. The lowest BCUT2D eigenvalue weighted by atomic mass is 9.49. The molecule has 0 bridgehead atoms. The first-order chi connectivity index (χ1) is 17.0. The molecule has 1 aromatic rings. The number of carbonyl (C=O) groups excluding carboxylic acids is 1. The molecule has 1 aromatic carbocycles. The summed E-state index contributed by atoms with van der Waals surface area (Å²) in [5.41, 5.74) is 1.58. The number of cyclic esters (lactones) is 1. The van der Waals surface area contributed by atoms with Crippen LogP contribution in [-0.4, -0.2) is 73.9 Å². The molecular formula is C26H36O10. The third-order valence-electron chi connectivity index (χ3n) is 9.12. The van der Waals surface area contributed by atoms with E-state index in [0.717, 1.165) is 31.2 Å². The second kappa shape index (κ2) is 8.90. The van der Waals surface area contributed by atoms with Crippen molar-refractivity contribution in [3.8, 4) is 5.75 Å². The lowest BCUT2D eigenvalue weighted by Crippen LogP contribution is -2.59. The molecule has 10 nitrogen and oxygen atoms in total. The number of aliphatic hydroxyl groups is 5. The molecule has 0 amide bonds. The summed E-state index contributed by atoms with van der Waals surface area (Å²) in [6.45, 7) is 5.42. The molecule has 200 valence electrons. The first kappa shape index (κ1) is 25.8. The molecule has 0 spiro atoms. The van der Waals surface area contributed by atoms with Crippen LogP contribution in [0.4, 0.5) is 0 Å². The monoisotopic (exact) mass is 508 g/mol. The number of hydrogen-bond donors (Lipinski definition) is 6. The van der Waals surface area contributed by atoms with Crippen LogP contribution < -0.4 is 0 Å². The standard InChI is InChI=1S/C26H36O10/c1-25(2)7-4-8-26(3)14(25)6-5-11-17(26)16-15(12(9-27)18(11)29)22(33)35-23(16)36-24-21(32)20(31)19(30)13(10-28)34-24/h13-14,19-21,23-24,27-32H,4-10H2,1-3H3/t13-,14?,19-,20+,21-,23-,24+,26+/m1/s1. The summed E-state index contributed by atoms with van der Waals surface area (Å²) in [7, 11) is 0. The maximum atomic E-state index is 13.1. The minimum absolute atomic E-state index is 0.0277. The van der Waals surface area contributed by atoms with Gasteiger partial charge in [-0.15, -0.1) is 0 Å². The molecule has 36 heavy (non-hydrogen) atoms. The van der Waals surface area contributed by atoms with Crippen LogP contribution in [0.15, 0.2) is 0 Å². The van der Waals surface area contributed by atoms with Crippen molar-refractivity contribution >= 4 is 5.97 Å². The van der Waals surface area contributed by atoms with Gasteiger partial charge in [0.25, 0.3) is 0 Å². The SMILES string of the molecule is CC1(C)CCC[C@]2(C)c3c(c(O)c(CO)c4c3[C@@H](O[C@@H]3O[C@H](CO)[C@@H](O)[C@H](O)[C@H]3O)OC4=O)CCC12. The molecule has 0 radical (unpaired) electrons. The predicted octanol–water partition coefficient (Wildman–Crippen LogP) is 0.900. The van der Waals surface area contributed by atoms with Crippen LogP contribution in [0.25, 0.3) is 0 Å². The van der Waals surface area contributed by atoms with Crippen molar-refractivity contribution in [2.24, 2.45) is 11.3 Å². The molecule has 1 saturated carbocycles. The van der Waals surface area contributed by atoms with Crippen LogP contribution in [0.3, 0.4) is 0 Å². The largest absolute Gasteiger partial charge is 0.507 e. The Morgan fingerprint density at radius 1 is 1.06 bits per heavy atom. The number of aliphatic hydroxyl groups excluding tert-OH is 5. The van der Waals surface area contributed by atoms with Gasteiger partial charge < -0.3 is 44.8 Å². The highest BCUT2D eigenvalue weighted by molar-refractivity contribution is 5.97. The molecule has 1 saturated heterocycles. The van der Waals surface area contributed by atoms with Crippen LogP contribution in [0.5, 0.6) is 5.75 Å². The zero-order chi connectivity index (χ0) is 26.2. The number of phenols is 1. The van der Waals surface area contributed by atoms with Crippen molar-refractivity contribution in [1.29, 1.82) is 0 Å². The van der Waals surface area contributed by atoms with E-state index < -0.39 is 61.6 Å². The van der Waals surface area contributed by atoms with Crippen molar-refractivity contribution < 1.29 is 49.6 Å². The van der Waals surface area contributed by atoms with Crippen molar-refractivity contribution in [1.82, 2.24) is 0 Å². The molecule has 5 rings (SSSR count). The topological polar surface area (TPSA) is 166 Å². The Hall–Kier alpha value is -1.79. The van der Waals surface area contributed by atoms with E-state index >= 15 is 0 Å². The van der Waals surface area contributed by atoms with Crippen LogP contribution in [-0.2, 0) is 32.7 Å². The van der Waals surface area contributed by atoms with Crippen molar-refractivity contribution in [3.05, 3.63) is 27.8 Å². The fourth-order valence-corrected chi connectivity index (χ4v) is 7.42. The molecule has 2 heterocycles. The zero-order valence-electron chi connectivity index (χ0n) is 20.8. The van der Waals surface area contributed by atoms with Gasteiger partial charge >= 0.3 is 5.97 Å². The minimum Gasteiger partial charge on any atom is -0.507 e. The second-order valence-electron chi connectivity index (χ2n) is 11.5. The van der Waals surface area contributed by atoms with Crippen molar-refractivity contribution in [2.45, 2.75) is 102 Å². The Kier molecular flexibility index (Phi) is 6.39. The summed E-state index contributed by atoms with van der Waals surface area (Å²) in [4.78, 5) is 13.1. The average molecular weight is 509 g/mol. The van der Waals surface area contributed by atoms with Gasteiger partial charge in [0.1, 0.15) is 30.2 Å². The number of hydrogen-bond acceptors (Lipinski definition) is 10. The number of fused-ring (bicyclic) bond motifs is 5. The van der Waals surface area contributed by atoms with Gasteiger partial charge in [0.2, 0.25) is 6.29 Å². The Bertz CT molecular complexity index is 1050. The molecule has 6 N–H and O–H groups in total. The van der Waals surface area contributed by atoms with Crippen LogP contribution in [0, 0.1) is 11.3 Å². The quantitative estimate of drug-likeness (QED) is 0.322.